The van der Waals surface area contributed by atoms with Crippen LogP contribution in [0.4, 0.5) is 5.69 Å². The second-order valence-corrected chi connectivity index (χ2v) is 7.33. The molecule has 1 saturated heterocycles. The maximum Gasteiger partial charge on any atom is 0.270 e. The first-order chi connectivity index (χ1) is 11.1. The van der Waals surface area contributed by atoms with Crippen molar-refractivity contribution >= 4 is 61.9 Å². The maximum absolute atomic E-state index is 12.7. The molecule has 0 aromatic heterocycles. The molecular formula is C17H12BrNO2S2. The van der Waals surface area contributed by atoms with Crippen molar-refractivity contribution in [3.8, 4) is 5.75 Å². The zero-order valence-electron chi connectivity index (χ0n) is 12.2. The fraction of sp³-hybridized carbons (Fsp3) is 0.0588. The normalized spacial score (nSPS) is 16.3. The largest absolute Gasteiger partial charge is 0.496 e. The van der Waals surface area contributed by atoms with E-state index in [-0.39, 0.29) is 5.91 Å². The number of amides is 1. The van der Waals surface area contributed by atoms with Gasteiger partial charge in [0.05, 0.1) is 17.7 Å². The van der Waals surface area contributed by atoms with Crippen LogP contribution in [0.3, 0.4) is 0 Å². The molecule has 23 heavy (non-hydrogen) atoms. The number of nitrogens with zero attached hydrogens (tertiary/aromatic N) is 1. The Balaban J connectivity index is 1.97. The number of hydrogen-bond acceptors (Lipinski definition) is 4. The minimum atomic E-state index is -0.121. The molecule has 0 spiro atoms. The molecule has 0 unspecified atom stereocenters. The Morgan fingerprint density at radius 3 is 2.74 bits per heavy atom. The molecule has 0 N–H and O–H groups in total. The predicted octanol–water partition coefficient (Wildman–Crippen LogP) is 4.86. The van der Waals surface area contributed by atoms with E-state index in [2.05, 4.69) is 15.9 Å². The fourth-order valence-electron chi connectivity index (χ4n) is 2.23. The summed E-state index contributed by atoms with van der Waals surface area (Å²) in [4.78, 5) is 14.9. The number of carbonyl (C=O) groups is 1. The minimum absolute atomic E-state index is 0.121. The van der Waals surface area contributed by atoms with Gasteiger partial charge in [0.15, 0.2) is 4.32 Å². The van der Waals surface area contributed by atoms with Gasteiger partial charge in [-0.1, -0.05) is 64.2 Å². The number of hydrogen-bond donors (Lipinski definition) is 0. The van der Waals surface area contributed by atoms with E-state index >= 15 is 0 Å². The number of methoxy groups -OCH3 is 1. The van der Waals surface area contributed by atoms with E-state index in [1.165, 1.54) is 11.8 Å². The number of halogens is 1. The molecule has 1 heterocycles. The third-order valence-corrected chi connectivity index (χ3v) is 5.08. The number of anilines is 1. The van der Waals surface area contributed by atoms with E-state index in [1.807, 2.05) is 54.6 Å². The van der Waals surface area contributed by atoms with Gasteiger partial charge < -0.3 is 4.74 Å². The third kappa shape index (κ3) is 3.34. The summed E-state index contributed by atoms with van der Waals surface area (Å²) < 4.78 is 6.75. The SMILES string of the molecule is COc1ccccc1C=C1SC(=S)N(c2cccc(Br)c2)C1=O. The Morgan fingerprint density at radius 2 is 2.00 bits per heavy atom. The number of thioether (sulfide) groups is 1. The highest BCUT2D eigenvalue weighted by atomic mass is 79.9. The first-order valence-electron chi connectivity index (χ1n) is 6.76. The van der Waals surface area contributed by atoms with Crippen LogP contribution in [0, 0.1) is 0 Å². The highest BCUT2D eigenvalue weighted by Gasteiger charge is 2.33. The molecule has 0 radical (unpaired) electrons. The van der Waals surface area contributed by atoms with E-state index in [9.17, 15) is 4.79 Å². The van der Waals surface area contributed by atoms with Crippen molar-refractivity contribution in [1.82, 2.24) is 0 Å². The van der Waals surface area contributed by atoms with Crippen LogP contribution in [-0.2, 0) is 4.79 Å². The van der Waals surface area contributed by atoms with Crippen molar-refractivity contribution in [1.29, 1.82) is 0 Å². The minimum Gasteiger partial charge on any atom is -0.496 e. The second-order valence-electron chi connectivity index (χ2n) is 4.74. The summed E-state index contributed by atoms with van der Waals surface area (Å²) in [6.45, 7) is 0. The van der Waals surface area contributed by atoms with Crippen molar-refractivity contribution in [2.24, 2.45) is 0 Å². The van der Waals surface area contributed by atoms with Gasteiger partial charge in [0.25, 0.3) is 5.91 Å². The van der Waals surface area contributed by atoms with E-state index in [1.54, 1.807) is 12.0 Å². The lowest BCUT2D eigenvalue weighted by Gasteiger charge is -2.14. The first-order valence-corrected chi connectivity index (χ1v) is 8.78. The van der Waals surface area contributed by atoms with Crippen LogP contribution < -0.4 is 9.64 Å². The lowest BCUT2D eigenvalue weighted by atomic mass is 10.2. The zero-order chi connectivity index (χ0) is 16.4. The molecule has 1 aliphatic heterocycles. The van der Waals surface area contributed by atoms with Crippen LogP contribution in [-0.4, -0.2) is 17.3 Å². The van der Waals surface area contributed by atoms with Gasteiger partial charge in [-0.05, 0) is 30.3 Å². The molecule has 3 nitrogen and oxygen atoms in total. The number of benzene rings is 2. The summed E-state index contributed by atoms with van der Waals surface area (Å²) >= 11 is 10.1. The number of thiocarbonyl (C=S) groups is 1. The van der Waals surface area contributed by atoms with Crippen LogP contribution >= 0.6 is 39.9 Å². The third-order valence-electron chi connectivity index (χ3n) is 3.29. The highest BCUT2D eigenvalue weighted by molar-refractivity contribution is 9.10. The molecule has 0 saturated carbocycles. The van der Waals surface area contributed by atoms with Crippen molar-refractivity contribution in [2.75, 3.05) is 12.0 Å². The van der Waals surface area contributed by atoms with Crippen LogP contribution in [0.15, 0.2) is 57.9 Å². The standard InChI is InChI=1S/C17H12BrNO2S2/c1-21-14-8-3-2-5-11(14)9-15-16(20)19(17(22)23-15)13-7-4-6-12(18)10-13/h2-10H,1H3. The van der Waals surface area contributed by atoms with E-state index < -0.39 is 0 Å². The molecular weight excluding hydrogens is 394 g/mol. The van der Waals surface area contributed by atoms with Crippen LogP contribution in [0.25, 0.3) is 6.08 Å². The summed E-state index contributed by atoms with van der Waals surface area (Å²) in [7, 11) is 1.61. The fourth-order valence-corrected chi connectivity index (χ4v) is 3.91. The van der Waals surface area contributed by atoms with E-state index in [0.717, 1.165) is 21.5 Å². The molecule has 2 aromatic rings. The zero-order valence-corrected chi connectivity index (χ0v) is 15.4. The Hall–Kier alpha value is -1.63. The molecule has 1 amide bonds. The van der Waals surface area contributed by atoms with Gasteiger partial charge in [-0.25, -0.2) is 0 Å². The van der Waals surface area contributed by atoms with Crippen molar-refractivity contribution in [3.05, 3.63) is 63.5 Å². The van der Waals surface area contributed by atoms with Gasteiger partial charge in [0.1, 0.15) is 5.75 Å². The Labute approximate surface area is 152 Å². The number of ether oxygens (including phenoxy) is 1. The molecule has 2 aromatic carbocycles. The molecule has 3 rings (SSSR count). The quantitative estimate of drug-likeness (QED) is 0.538. The number of para-hydroxylation sites is 1. The summed E-state index contributed by atoms with van der Waals surface area (Å²) in [6, 6.07) is 15.1. The lowest BCUT2D eigenvalue weighted by molar-refractivity contribution is -0.113. The van der Waals surface area contributed by atoms with Crippen LogP contribution in [0.1, 0.15) is 5.56 Å². The van der Waals surface area contributed by atoms with Gasteiger partial charge >= 0.3 is 0 Å². The van der Waals surface area contributed by atoms with Crippen LogP contribution in [0.5, 0.6) is 5.75 Å². The molecule has 1 fully saturated rings. The summed E-state index contributed by atoms with van der Waals surface area (Å²) in [5, 5.41) is 0. The first kappa shape index (κ1) is 16.2. The van der Waals surface area contributed by atoms with Gasteiger partial charge in [0, 0.05) is 10.0 Å². The van der Waals surface area contributed by atoms with Gasteiger partial charge in [-0.3, -0.25) is 9.69 Å². The van der Waals surface area contributed by atoms with E-state index in [4.69, 9.17) is 17.0 Å². The predicted molar refractivity (Wildman–Crippen MR) is 103 cm³/mol. The summed E-state index contributed by atoms with van der Waals surface area (Å²) in [6.07, 6.45) is 1.82. The Morgan fingerprint density at radius 1 is 1.22 bits per heavy atom. The van der Waals surface area contributed by atoms with Crippen molar-refractivity contribution < 1.29 is 9.53 Å². The molecule has 1 aliphatic rings. The molecule has 0 bridgehead atoms. The van der Waals surface area contributed by atoms with Crippen molar-refractivity contribution in [3.63, 3.8) is 0 Å². The van der Waals surface area contributed by atoms with Crippen LogP contribution in [0.2, 0.25) is 0 Å². The lowest BCUT2D eigenvalue weighted by Crippen LogP contribution is -2.27. The average Bonchev–Trinajstić information content (AvgIpc) is 2.82. The van der Waals surface area contributed by atoms with Gasteiger partial charge in [-0.15, -0.1) is 0 Å². The molecule has 0 aliphatic carbocycles. The molecule has 116 valence electrons. The monoisotopic (exact) mass is 405 g/mol. The number of carbonyl (C=O) groups excluding carboxylic acids is 1. The Bertz CT molecular complexity index is 820. The summed E-state index contributed by atoms with van der Waals surface area (Å²) in [5.74, 6) is 0.601. The average molecular weight is 406 g/mol. The van der Waals surface area contributed by atoms with Gasteiger partial charge in [-0.2, -0.15) is 0 Å². The van der Waals surface area contributed by atoms with Crippen molar-refractivity contribution in [2.45, 2.75) is 0 Å². The maximum atomic E-state index is 12.7. The van der Waals surface area contributed by atoms with Gasteiger partial charge in [0.2, 0.25) is 0 Å². The molecule has 6 heteroatoms. The number of rotatable bonds is 3. The Kier molecular flexibility index (Phi) is 4.84. The smallest absolute Gasteiger partial charge is 0.270 e. The summed E-state index contributed by atoms with van der Waals surface area (Å²) in [5.41, 5.74) is 1.61. The molecule has 0 atom stereocenters. The van der Waals surface area contributed by atoms with E-state index in [0.29, 0.717) is 9.23 Å². The second kappa shape index (κ2) is 6.86. The topological polar surface area (TPSA) is 29.5 Å². The highest BCUT2D eigenvalue weighted by Crippen LogP contribution is 2.37.